The minimum atomic E-state index is 0.0440. The SMILES string of the molecule is COc1cccc(C(=O)[C@@H]2CCCN(Cc3cccc4cnccc34)C2)c1. The van der Waals surface area contributed by atoms with E-state index >= 15 is 0 Å². The molecule has 1 fully saturated rings. The lowest BCUT2D eigenvalue weighted by atomic mass is 9.89. The van der Waals surface area contributed by atoms with E-state index < -0.39 is 0 Å². The number of likely N-dealkylation sites (tertiary alicyclic amines) is 1. The lowest BCUT2D eigenvalue weighted by Gasteiger charge is -2.32. The number of aromatic nitrogens is 1. The van der Waals surface area contributed by atoms with E-state index in [-0.39, 0.29) is 11.7 Å². The number of carbonyl (C=O) groups excluding carboxylic acids is 1. The van der Waals surface area contributed by atoms with Gasteiger partial charge in [-0.1, -0.05) is 30.3 Å². The molecule has 0 unspecified atom stereocenters. The molecule has 2 aromatic carbocycles. The Morgan fingerprint density at radius 2 is 2.11 bits per heavy atom. The minimum Gasteiger partial charge on any atom is -0.497 e. The minimum absolute atomic E-state index is 0.0440. The Morgan fingerprint density at radius 1 is 1.22 bits per heavy atom. The summed E-state index contributed by atoms with van der Waals surface area (Å²) in [5.41, 5.74) is 2.04. The highest BCUT2D eigenvalue weighted by atomic mass is 16.5. The summed E-state index contributed by atoms with van der Waals surface area (Å²) in [5.74, 6) is 1.00. The van der Waals surface area contributed by atoms with Gasteiger partial charge in [-0.15, -0.1) is 0 Å². The van der Waals surface area contributed by atoms with Crippen LogP contribution in [0.15, 0.2) is 60.9 Å². The van der Waals surface area contributed by atoms with Gasteiger partial charge in [0.05, 0.1) is 7.11 Å². The first-order chi connectivity index (χ1) is 13.2. The van der Waals surface area contributed by atoms with Crippen LogP contribution >= 0.6 is 0 Å². The third-order valence-corrected chi connectivity index (χ3v) is 5.40. The molecular formula is C23H24N2O2. The van der Waals surface area contributed by atoms with Crippen LogP contribution in [-0.2, 0) is 6.54 Å². The van der Waals surface area contributed by atoms with Gasteiger partial charge in [0.25, 0.3) is 0 Å². The molecule has 4 nitrogen and oxygen atoms in total. The zero-order valence-electron chi connectivity index (χ0n) is 15.6. The fourth-order valence-corrected chi connectivity index (χ4v) is 3.99. The van der Waals surface area contributed by atoms with Crippen LogP contribution in [0.3, 0.4) is 0 Å². The maximum atomic E-state index is 13.0. The van der Waals surface area contributed by atoms with E-state index in [2.05, 4.69) is 34.1 Å². The highest BCUT2D eigenvalue weighted by Crippen LogP contribution is 2.26. The Bertz CT molecular complexity index is 949. The summed E-state index contributed by atoms with van der Waals surface area (Å²) in [6.45, 7) is 2.70. The Morgan fingerprint density at radius 3 is 3.00 bits per heavy atom. The predicted octanol–water partition coefficient (Wildman–Crippen LogP) is 4.34. The number of carbonyl (C=O) groups is 1. The van der Waals surface area contributed by atoms with Gasteiger partial charge in [0.1, 0.15) is 5.75 Å². The first kappa shape index (κ1) is 17.7. The van der Waals surface area contributed by atoms with E-state index in [0.29, 0.717) is 0 Å². The number of benzene rings is 2. The van der Waals surface area contributed by atoms with Gasteiger partial charge in [-0.25, -0.2) is 0 Å². The maximum Gasteiger partial charge on any atom is 0.167 e. The second-order valence-electron chi connectivity index (χ2n) is 7.18. The number of rotatable bonds is 5. The van der Waals surface area contributed by atoms with Gasteiger partial charge in [-0.2, -0.15) is 0 Å². The number of fused-ring (bicyclic) bond motifs is 1. The molecule has 1 aromatic heterocycles. The topological polar surface area (TPSA) is 42.4 Å². The van der Waals surface area contributed by atoms with Crippen LogP contribution in [0.5, 0.6) is 5.75 Å². The van der Waals surface area contributed by atoms with Crippen molar-refractivity contribution < 1.29 is 9.53 Å². The van der Waals surface area contributed by atoms with Gasteiger partial charge in [0, 0.05) is 42.4 Å². The number of nitrogens with zero attached hydrogens (tertiary/aromatic N) is 2. The highest BCUT2D eigenvalue weighted by molar-refractivity contribution is 5.98. The van der Waals surface area contributed by atoms with Crippen molar-refractivity contribution in [3.63, 3.8) is 0 Å². The molecule has 0 N–H and O–H groups in total. The van der Waals surface area contributed by atoms with Crippen molar-refractivity contribution in [2.24, 2.45) is 5.92 Å². The van der Waals surface area contributed by atoms with Gasteiger partial charge in [0.2, 0.25) is 0 Å². The Hall–Kier alpha value is -2.72. The molecule has 1 aliphatic heterocycles. The van der Waals surface area contributed by atoms with E-state index in [9.17, 15) is 4.79 Å². The number of hydrogen-bond donors (Lipinski definition) is 0. The zero-order chi connectivity index (χ0) is 18.6. The van der Waals surface area contributed by atoms with Gasteiger partial charge < -0.3 is 4.74 Å². The smallest absolute Gasteiger partial charge is 0.167 e. The van der Waals surface area contributed by atoms with Gasteiger partial charge in [0.15, 0.2) is 5.78 Å². The molecule has 2 heterocycles. The molecule has 0 saturated carbocycles. The summed E-state index contributed by atoms with van der Waals surface area (Å²) >= 11 is 0. The summed E-state index contributed by atoms with van der Waals surface area (Å²) < 4.78 is 5.27. The largest absolute Gasteiger partial charge is 0.497 e. The van der Waals surface area contributed by atoms with Crippen molar-refractivity contribution in [2.45, 2.75) is 19.4 Å². The quantitative estimate of drug-likeness (QED) is 0.635. The van der Waals surface area contributed by atoms with Gasteiger partial charge >= 0.3 is 0 Å². The second kappa shape index (κ2) is 7.89. The Kier molecular flexibility index (Phi) is 5.16. The van der Waals surface area contributed by atoms with Crippen LogP contribution in [0, 0.1) is 5.92 Å². The van der Waals surface area contributed by atoms with Crippen molar-refractivity contribution in [3.05, 3.63) is 72.1 Å². The number of piperidine rings is 1. The van der Waals surface area contributed by atoms with Crippen molar-refractivity contribution >= 4 is 16.6 Å². The molecule has 4 heteroatoms. The molecule has 4 rings (SSSR count). The van der Waals surface area contributed by atoms with Gasteiger partial charge in [-0.3, -0.25) is 14.7 Å². The molecule has 0 spiro atoms. The Labute approximate surface area is 159 Å². The number of ketones is 1. The van der Waals surface area contributed by atoms with Crippen LogP contribution in [0.4, 0.5) is 0 Å². The molecule has 138 valence electrons. The summed E-state index contributed by atoms with van der Waals surface area (Å²) in [5, 5.41) is 2.41. The van der Waals surface area contributed by atoms with Crippen LogP contribution in [0.25, 0.3) is 10.8 Å². The van der Waals surface area contributed by atoms with Crippen molar-refractivity contribution in [3.8, 4) is 5.75 Å². The molecular weight excluding hydrogens is 336 g/mol. The normalized spacial score (nSPS) is 17.7. The molecule has 0 radical (unpaired) electrons. The molecule has 3 aromatic rings. The molecule has 1 aliphatic rings. The Balaban J connectivity index is 1.50. The van der Waals surface area contributed by atoms with Crippen LogP contribution < -0.4 is 4.74 Å². The monoisotopic (exact) mass is 360 g/mol. The average molecular weight is 360 g/mol. The maximum absolute atomic E-state index is 13.0. The lowest BCUT2D eigenvalue weighted by molar-refractivity contribution is 0.0811. The summed E-state index contributed by atoms with van der Waals surface area (Å²) in [7, 11) is 1.63. The fraction of sp³-hybridized carbons (Fsp3) is 0.304. The number of hydrogen-bond acceptors (Lipinski definition) is 4. The van der Waals surface area contributed by atoms with E-state index in [1.54, 1.807) is 7.11 Å². The van der Waals surface area contributed by atoms with E-state index in [1.807, 2.05) is 36.7 Å². The molecule has 1 atom stereocenters. The third kappa shape index (κ3) is 3.86. The number of Topliss-reactive ketones (excluding diaryl/α,β-unsaturated/α-hetero) is 1. The summed E-state index contributed by atoms with van der Waals surface area (Å²) in [6, 6.07) is 15.9. The van der Waals surface area contributed by atoms with Gasteiger partial charge in [-0.05, 0) is 48.5 Å². The molecule has 0 amide bonds. The van der Waals surface area contributed by atoms with Crippen molar-refractivity contribution in [1.29, 1.82) is 0 Å². The number of methoxy groups -OCH3 is 1. The highest BCUT2D eigenvalue weighted by Gasteiger charge is 2.27. The van der Waals surface area contributed by atoms with Crippen molar-refractivity contribution in [1.82, 2.24) is 9.88 Å². The predicted molar refractivity (Wildman–Crippen MR) is 107 cm³/mol. The zero-order valence-corrected chi connectivity index (χ0v) is 15.6. The number of ether oxygens (including phenoxy) is 1. The molecule has 27 heavy (non-hydrogen) atoms. The lowest BCUT2D eigenvalue weighted by Crippen LogP contribution is -2.38. The standard InChI is InChI=1S/C23H24N2O2/c1-27-21-9-3-5-17(13-21)23(26)20-8-4-12-25(16-20)15-19-7-2-6-18-14-24-11-10-22(18)19/h2-3,5-7,9-11,13-14,20H,4,8,12,15-16H2,1H3/t20-/m1/s1. The average Bonchev–Trinajstić information content (AvgIpc) is 2.74. The van der Waals surface area contributed by atoms with E-state index in [4.69, 9.17) is 4.74 Å². The van der Waals surface area contributed by atoms with E-state index in [0.717, 1.165) is 49.2 Å². The second-order valence-corrected chi connectivity index (χ2v) is 7.18. The number of pyridine rings is 1. The molecule has 0 aliphatic carbocycles. The van der Waals surface area contributed by atoms with Crippen LogP contribution in [-0.4, -0.2) is 35.9 Å². The van der Waals surface area contributed by atoms with Crippen molar-refractivity contribution in [2.75, 3.05) is 20.2 Å². The molecule has 1 saturated heterocycles. The van der Waals surface area contributed by atoms with Crippen LogP contribution in [0.1, 0.15) is 28.8 Å². The summed E-state index contributed by atoms with van der Waals surface area (Å²) in [6.07, 6.45) is 5.75. The summed E-state index contributed by atoms with van der Waals surface area (Å²) in [4.78, 5) is 19.6. The molecule has 0 bridgehead atoms. The van der Waals surface area contributed by atoms with E-state index in [1.165, 1.54) is 10.9 Å². The third-order valence-electron chi connectivity index (χ3n) is 5.40. The first-order valence-corrected chi connectivity index (χ1v) is 9.47. The fourth-order valence-electron chi connectivity index (χ4n) is 3.99. The first-order valence-electron chi connectivity index (χ1n) is 9.47. The van der Waals surface area contributed by atoms with Crippen LogP contribution in [0.2, 0.25) is 0 Å².